The van der Waals surface area contributed by atoms with Crippen LogP contribution in [0.5, 0.6) is 0 Å². The molecule has 0 saturated heterocycles. The van der Waals surface area contributed by atoms with Crippen molar-refractivity contribution in [2.24, 2.45) is 0 Å². The van der Waals surface area contributed by atoms with E-state index in [0.29, 0.717) is 17.5 Å². The first kappa shape index (κ1) is 13.6. The van der Waals surface area contributed by atoms with Crippen LogP contribution in [0.4, 0.5) is 0 Å². The lowest BCUT2D eigenvalue weighted by molar-refractivity contribution is 0.768. The number of halogens is 1. The van der Waals surface area contributed by atoms with E-state index >= 15 is 0 Å². The third-order valence-corrected chi connectivity index (χ3v) is 4.07. The minimum Gasteiger partial charge on any atom is -0.311 e. The lowest BCUT2D eigenvalue weighted by atomic mass is 10.1. The van der Waals surface area contributed by atoms with Crippen LogP contribution >= 0.6 is 15.9 Å². The molecule has 21 heavy (non-hydrogen) atoms. The van der Waals surface area contributed by atoms with Gasteiger partial charge in [0.05, 0.1) is 18.2 Å². The van der Waals surface area contributed by atoms with Gasteiger partial charge in [-0.1, -0.05) is 34.1 Å². The Bertz CT molecular complexity index is 922. The summed E-state index contributed by atoms with van der Waals surface area (Å²) in [7, 11) is 0. The molecule has 0 spiro atoms. The molecule has 0 unspecified atom stereocenters. The van der Waals surface area contributed by atoms with Gasteiger partial charge in [-0.15, -0.1) is 0 Å². The molecule has 0 atom stereocenters. The monoisotopic (exact) mass is 338 g/mol. The first-order valence-electron chi connectivity index (χ1n) is 6.46. The van der Waals surface area contributed by atoms with Crippen molar-refractivity contribution >= 4 is 26.7 Å². The molecule has 4 heteroatoms. The topological polar surface area (TPSA) is 45.8 Å². The van der Waals surface area contributed by atoms with E-state index in [9.17, 15) is 4.79 Å². The fraction of sp³-hybridized carbons (Fsp3) is 0.0588. The van der Waals surface area contributed by atoms with Crippen molar-refractivity contribution in [2.75, 3.05) is 0 Å². The van der Waals surface area contributed by atoms with Crippen molar-refractivity contribution < 1.29 is 0 Å². The van der Waals surface area contributed by atoms with Gasteiger partial charge in [0, 0.05) is 21.4 Å². The van der Waals surface area contributed by atoms with Crippen molar-refractivity contribution in [3.05, 3.63) is 80.7 Å². The largest absolute Gasteiger partial charge is 0.311 e. The zero-order valence-electron chi connectivity index (χ0n) is 11.1. The highest BCUT2D eigenvalue weighted by atomic mass is 79.9. The SMILES string of the molecule is N#Cc1cccc(Cn2ccc3c(Br)cccc3c2=O)c1. The molecular formula is C17H11BrN2O. The molecule has 3 aromatic rings. The van der Waals surface area contributed by atoms with Gasteiger partial charge >= 0.3 is 0 Å². The molecule has 0 N–H and O–H groups in total. The third-order valence-electron chi connectivity index (χ3n) is 3.37. The zero-order valence-corrected chi connectivity index (χ0v) is 12.7. The van der Waals surface area contributed by atoms with Gasteiger partial charge in [0.15, 0.2) is 0 Å². The number of nitrogens with zero attached hydrogens (tertiary/aromatic N) is 2. The van der Waals surface area contributed by atoms with Crippen molar-refractivity contribution in [1.82, 2.24) is 4.57 Å². The Morgan fingerprint density at radius 1 is 1.10 bits per heavy atom. The molecule has 0 radical (unpaired) electrons. The fourth-order valence-electron chi connectivity index (χ4n) is 2.34. The summed E-state index contributed by atoms with van der Waals surface area (Å²) < 4.78 is 2.57. The summed E-state index contributed by atoms with van der Waals surface area (Å²) >= 11 is 3.46. The number of pyridine rings is 1. The minimum atomic E-state index is -0.0313. The molecule has 3 nitrogen and oxygen atoms in total. The lowest BCUT2D eigenvalue weighted by Crippen LogP contribution is -2.20. The van der Waals surface area contributed by atoms with Gasteiger partial charge in [0.1, 0.15) is 0 Å². The van der Waals surface area contributed by atoms with Gasteiger partial charge in [-0.05, 0) is 35.9 Å². The Labute approximate surface area is 130 Å². The van der Waals surface area contributed by atoms with Crippen LogP contribution in [0.2, 0.25) is 0 Å². The summed E-state index contributed by atoms with van der Waals surface area (Å²) in [6, 6.07) is 16.9. The highest BCUT2D eigenvalue weighted by molar-refractivity contribution is 9.10. The van der Waals surface area contributed by atoms with Crippen molar-refractivity contribution in [3.63, 3.8) is 0 Å². The van der Waals surface area contributed by atoms with Gasteiger partial charge in [-0.25, -0.2) is 0 Å². The number of hydrogen-bond acceptors (Lipinski definition) is 2. The number of rotatable bonds is 2. The van der Waals surface area contributed by atoms with E-state index in [1.165, 1.54) is 0 Å². The number of aromatic nitrogens is 1. The maximum absolute atomic E-state index is 12.5. The van der Waals surface area contributed by atoms with Gasteiger partial charge in [0.2, 0.25) is 0 Å². The van der Waals surface area contributed by atoms with E-state index in [1.54, 1.807) is 22.9 Å². The Kier molecular flexibility index (Phi) is 3.59. The maximum Gasteiger partial charge on any atom is 0.258 e. The van der Waals surface area contributed by atoms with Crippen LogP contribution in [0.15, 0.2) is 64.0 Å². The van der Waals surface area contributed by atoms with E-state index in [0.717, 1.165) is 15.4 Å². The van der Waals surface area contributed by atoms with Crippen LogP contribution < -0.4 is 5.56 Å². The van der Waals surface area contributed by atoms with Crippen LogP contribution in [-0.2, 0) is 6.54 Å². The van der Waals surface area contributed by atoms with Gasteiger partial charge in [-0.2, -0.15) is 5.26 Å². The molecule has 1 heterocycles. The van der Waals surface area contributed by atoms with Crippen LogP contribution in [-0.4, -0.2) is 4.57 Å². The Balaban J connectivity index is 2.08. The molecule has 0 aliphatic carbocycles. The summed E-state index contributed by atoms with van der Waals surface area (Å²) in [5, 5.41) is 10.5. The quantitative estimate of drug-likeness (QED) is 0.715. The predicted molar refractivity (Wildman–Crippen MR) is 86.2 cm³/mol. The second-order valence-electron chi connectivity index (χ2n) is 4.76. The van der Waals surface area contributed by atoms with Crippen LogP contribution in [0, 0.1) is 11.3 Å². The predicted octanol–water partition coefficient (Wildman–Crippen LogP) is 3.68. The van der Waals surface area contributed by atoms with Gasteiger partial charge in [-0.3, -0.25) is 4.79 Å². The van der Waals surface area contributed by atoms with Crippen LogP contribution in [0.25, 0.3) is 10.8 Å². The molecule has 0 saturated carbocycles. The molecule has 1 aromatic heterocycles. The van der Waals surface area contributed by atoms with Crippen molar-refractivity contribution in [1.29, 1.82) is 5.26 Å². The molecular weight excluding hydrogens is 328 g/mol. The van der Waals surface area contributed by atoms with Crippen molar-refractivity contribution in [3.8, 4) is 6.07 Å². The van der Waals surface area contributed by atoms with Gasteiger partial charge in [0.25, 0.3) is 5.56 Å². The first-order valence-corrected chi connectivity index (χ1v) is 7.25. The second kappa shape index (κ2) is 5.55. The molecule has 102 valence electrons. The first-order chi connectivity index (χ1) is 10.2. The number of hydrogen-bond donors (Lipinski definition) is 0. The Hall–Kier alpha value is -2.38. The minimum absolute atomic E-state index is 0.0313. The standard InChI is InChI=1S/C17H11BrN2O/c18-16-6-2-5-15-14(16)7-8-20(17(15)21)11-13-4-1-3-12(9-13)10-19/h1-9H,11H2. The van der Waals surface area contributed by atoms with E-state index in [4.69, 9.17) is 5.26 Å². The molecule has 0 aliphatic rings. The second-order valence-corrected chi connectivity index (χ2v) is 5.62. The highest BCUT2D eigenvalue weighted by Crippen LogP contribution is 2.21. The van der Waals surface area contributed by atoms with E-state index in [1.807, 2.05) is 36.4 Å². The summed E-state index contributed by atoms with van der Waals surface area (Å²) in [4.78, 5) is 12.5. The Morgan fingerprint density at radius 2 is 1.90 bits per heavy atom. The van der Waals surface area contributed by atoms with E-state index < -0.39 is 0 Å². The van der Waals surface area contributed by atoms with Gasteiger partial charge < -0.3 is 4.57 Å². The number of benzene rings is 2. The molecule has 0 bridgehead atoms. The molecule has 0 amide bonds. The highest BCUT2D eigenvalue weighted by Gasteiger charge is 2.06. The average Bonchev–Trinajstić information content (AvgIpc) is 2.51. The van der Waals surface area contributed by atoms with Crippen LogP contribution in [0.3, 0.4) is 0 Å². The fourth-order valence-corrected chi connectivity index (χ4v) is 2.84. The summed E-state index contributed by atoms with van der Waals surface area (Å²) in [5.74, 6) is 0. The Morgan fingerprint density at radius 3 is 2.71 bits per heavy atom. The third kappa shape index (κ3) is 2.61. The normalized spacial score (nSPS) is 10.5. The van der Waals surface area contributed by atoms with Crippen LogP contribution in [0.1, 0.15) is 11.1 Å². The van der Waals surface area contributed by atoms with Crippen molar-refractivity contribution in [2.45, 2.75) is 6.54 Å². The zero-order chi connectivity index (χ0) is 14.8. The number of fused-ring (bicyclic) bond motifs is 1. The van der Waals surface area contributed by atoms with E-state index in [-0.39, 0.29) is 5.56 Å². The molecule has 3 rings (SSSR count). The van der Waals surface area contributed by atoms with E-state index in [2.05, 4.69) is 22.0 Å². The lowest BCUT2D eigenvalue weighted by Gasteiger charge is -2.08. The molecule has 0 aliphatic heterocycles. The molecule has 2 aromatic carbocycles. The maximum atomic E-state index is 12.5. The number of nitriles is 1. The average molecular weight is 339 g/mol. The summed E-state index contributed by atoms with van der Waals surface area (Å²) in [5.41, 5.74) is 1.51. The molecule has 0 fully saturated rings. The smallest absolute Gasteiger partial charge is 0.258 e. The summed E-state index contributed by atoms with van der Waals surface area (Å²) in [6.07, 6.45) is 1.79. The summed E-state index contributed by atoms with van der Waals surface area (Å²) in [6.45, 7) is 0.455.